The summed E-state index contributed by atoms with van der Waals surface area (Å²) in [5.74, 6) is -0.431. The first-order valence-electron chi connectivity index (χ1n) is 7.81. The first kappa shape index (κ1) is 19.7. The molecule has 3 N–H and O–H groups in total. The highest BCUT2D eigenvalue weighted by atomic mass is 16.5. The maximum atomic E-state index is 11.7. The van der Waals surface area contributed by atoms with Crippen molar-refractivity contribution < 1.29 is 19.4 Å². The number of carboxylic acids is 1. The normalized spacial score (nSPS) is 12.2. The lowest BCUT2D eigenvalue weighted by molar-refractivity contribution is -0.137. The Hall–Kier alpha value is -1.30. The summed E-state index contributed by atoms with van der Waals surface area (Å²) in [7, 11) is 0. The van der Waals surface area contributed by atoms with Gasteiger partial charge in [-0.1, -0.05) is 26.7 Å². The number of carbonyl (C=O) groups excluding carboxylic acids is 1. The third-order valence-corrected chi connectivity index (χ3v) is 3.23. The Morgan fingerprint density at radius 2 is 1.81 bits per heavy atom. The van der Waals surface area contributed by atoms with Gasteiger partial charge in [-0.05, 0) is 25.7 Å². The van der Waals surface area contributed by atoms with E-state index in [0.29, 0.717) is 32.1 Å². The van der Waals surface area contributed by atoms with E-state index in [1.807, 2.05) is 20.8 Å². The number of rotatable bonds is 12. The van der Waals surface area contributed by atoms with Gasteiger partial charge in [0.2, 0.25) is 0 Å². The maximum absolute atomic E-state index is 11.7. The first-order valence-corrected chi connectivity index (χ1v) is 7.81. The number of hydrogen-bond donors (Lipinski definition) is 3. The van der Waals surface area contributed by atoms with Crippen LogP contribution < -0.4 is 10.6 Å². The molecule has 0 aromatic carbocycles. The molecular weight excluding hydrogens is 272 g/mol. The molecule has 0 bridgehead atoms. The van der Waals surface area contributed by atoms with Crippen LogP contribution in [-0.4, -0.2) is 42.9 Å². The van der Waals surface area contributed by atoms with Gasteiger partial charge in [0.25, 0.3) is 0 Å². The molecule has 0 fully saturated rings. The number of unbranched alkanes of at least 4 members (excludes halogenated alkanes) is 3. The molecule has 21 heavy (non-hydrogen) atoms. The highest BCUT2D eigenvalue weighted by Gasteiger charge is 2.15. The van der Waals surface area contributed by atoms with Gasteiger partial charge in [-0.3, -0.25) is 4.79 Å². The van der Waals surface area contributed by atoms with Crippen molar-refractivity contribution in [2.24, 2.45) is 5.92 Å². The van der Waals surface area contributed by atoms with Gasteiger partial charge in [-0.15, -0.1) is 0 Å². The number of hydrogen-bond acceptors (Lipinski definition) is 3. The number of aliphatic carboxylic acids is 1. The molecule has 0 heterocycles. The molecule has 0 aliphatic carbocycles. The van der Waals surface area contributed by atoms with Gasteiger partial charge in [-0.25, -0.2) is 4.79 Å². The standard InChI is InChI=1S/C15H30N2O4/c1-4-21-11-13(12(2)3)17-15(20)16-10-8-6-5-7-9-14(18)19/h12-13H,4-11H2,1-3H3,(H,18,19)(H2,16,17,20). The summed E-state index contributed by atoms with van der Waals surface area (Å²) in [6, 6.07) is -0.153. The SMILES string of the molecule is CCOCC(NC(=O)NCCCCCCC(=O)O)C(C)C. The highest BCUT2D eigenvalue weighted by Crippen LogP contribution is 2.03. The number of ether oxygens (including phenoxy) is 1. The van der Waals surface area contributed by atoms with Crippen LogP contribution in [0.25, 0.3) is 0 Å². The second-order valence-corrected chi connectivity index (χ2v) is 5.47. The Labute approximate surface area is 127 Å². The van der Waals surface area contributed by atoms with Crippen LogP contribution in [-0.2, 0) is 9.53 Å². The minimum atomic E-state index is -0.749. The van der Waals surface area contributed by atoms with Crippen LogP contribution in [0.15, 0.2) is 0 Å². The van der Waals surface area contributed by atoms with E-state index in [2.05, 4.69) is 10.6 Å². The lowest BCUT2D eigenvalue weighted by Gasteiger charge is -2.22. The smallest absolute Gasteiger partial charge is 0.315 e. The summed E-state index contributed by atoms with van der Waals surface area (Å²) >= 11 is 0. The molecule has 6 nitrogen and oxygen atoms in total. The molecule has 0 radical (unpaired) electrons. The van der Waals surface area contributed by atoms with Crippen molar-refractivity contribution in [1.82, 2.24) is 10.6 Å². The van der Waals surface area contributed by atoms with Crippen molar-refractivity contribution in [3.05, 3.63) is 0 Å². The second-order valence-electron chi connectivity index (χ2n) is 5.47. The van der Waals surface area contributed by atoms with Crippen LogP contribution in [0.3, 0.4) is 0 Å². The fourth-order valence-electron chi connectivity index (χ4n) is 1.82. The van der Waals surface area contributed by atoms with E-state index >= 15 is 0 Å². The van der Waals surface area contributed by atoms with E-state index in [4.69, 9.17) is 9.84 Å². The molecule has 0 aromatic rings. The van der Waals surface area contributed by atoms with Gasteiger partial charge in [0.15, 0.2) is 0 Å². The molecule has 0 aromatic heterocycles. The maximum Gasteiger partial charge on any atom is 0.315 e. The number of amides is 2. The van der Waals surface area contributed by atoms with E-state index in [9.17, 15) is 9.59 Å². The van der Waals surface area contributed by atoms with Crippen molar-refractivity contribution in [3.63, 3.8) is 0 Å². The summed E-state index contributed by atoms with van der Waals surface area (Å²) < 4.78 is 5.36. The monoisotopic (exact) mass is 302 g/mol. The second kappa shape index (κ2) is 12.4. The van der Waals surface area contributed by atoms with Crippen LogP contribution in [0.1, 0.15) is 52.9 Å². The molecule has 0 rings (SSSR count). The van der Waals surface area contributed by atoms with Gasteiger partial charge < -0.3 is 20.5 Å². The van der Waals surface area contributed by atoms with Crippen molar-refractivity contribution in [3.8, 4) is 0 Å². The van der Waals surface area contributed by atoms with E-state index < -0.39 is 5.97 Å². The van der Waals surface area contributed by atoms with Crippen molar-refractivity contribution in [1.29, 1.82) is 0 Å². The first-order chi connectivity index (χ1) is 9.97. The fraction of sp³-hybridized carbons (Fsp3) is 0.867. The highest BCUT2D eigenvalue weighted by molar-refractivity contribution is 5.74. The van der Waals surface area contributed by atoms with Crippen molar-refractivity contribution in [2.45, 2.75) is 58.9 Å². The zero-order valence-electron chi connectivity index (χ0n) is 13.5. The Morgan fingerprint density at radius 3 is 2.38 bits per heavy atom. The Kier molecular flexibility index (Phi) is 11.7. The Balaban J connectivity index is 3.66. The average molecular weight is 302 g/mol. The quantitative estimate of drug-likeness (QED) is 0.483. The van der Waals surface area contributed by atoms with Crippen LogP contribution in [0.4, 0.5) is 4.79 Å². The van der Waals surface area contributed by atoms with Crippen LogP contribution in [0, 0.1) is 5.92 Å². The number of urea groups is 1. The van der Waals surface area contributed by atoms with Gasteiger partial charge in [0.1, 0.15) is 0 Å². The molecule has 0 saturated heterocycles. The minimum Gasteiger partial charge on any atom is -0.481 e. The van der Waals surface area contributed by atoms with Crippen molar-refractivity contribution in [2.75, 3.05) is 19.8 Å². The van der Waals surface area contributed by atoms with Crippen LogP contribution in [0.2, 0.25) is 0 Å². The van der Waals surface area contributed by atoms with E-state index in [1.165, 1.54) is 0 Å². The Bertz CT molecular complexity index is 295. The molecule has 0 aliphatic heterocycles. The lowest BCUT2D eigenvalue weighted by atomic mass is 10.1. The predicted octanol–water partition coefficient (Wildman–Crippen LogP) is 2.38. The van der Waals surface area contributed by atoms with Gasteiger partial charge in [0, 0.05) is 19.6 Å². The van der Waals surface area contributed by atoms with Gasteiger partial charge in [0.05, 0.1) is 12.6 Å². The predicted molar refractivity (Wildman–Crippen MR) is 82.4 cm³/mol. The molecule has 0 aliphatic rings. The molecule has 6 heteroatoms. The zero-order valence-corrected chi connectivity index (χ0v) is 13.5. The molecule has 1 unspecified atom stereocenters. The summed E-state index contributed by atoms with van der Waals surface area (Å²) in [5.41, 5.74) is 0. The fourth-order valence-corrected chi connectivity index (χ4v) is 1.82. The average Bonchev–Trinajstić information content (AvgIpc) is 2.41. The number of nitrogens with one attached hydrogen (secondary N) is 2. The van der Waals surface area contributed by atoms with Crippen LogP contribution in [0.5, 0.6) is 0 Å². The van der Waals surface area contributed by atoms with E-state index in [0.717, 1.165) is 19.3 Å². The molecular formula is C15H30N2O4. The molecule has 0 spiro atoms. The molecule has 0 saturated carbocycles. The lowest BCUT2D eigenvalue weighted by Crippen LogP contribution is -2.47. The topological polar surface area (TPSA) is 87.7 Å². The third kappa shape index (κ3) is 12.2. The number of carbonyl (C=O) groups is 2. The molecule has 1 atom stereocenters. The largest absolute Gasteiger partial charge is 0.481 e. The molecule has 2 amide bonds. The zero-order chi connectivity index (χ0) is 16.1. The summed E-state index contributed by atoms with van der Waals surface area (Å²) in [4.78, 5) is 22.1. The van der Waals surface area contributed by atoms with E-state index in [-0.39, 0.29) is 18.5 Å². The van der Waals surface area contributed by atoms with Gasteiger partial charge >= 0.3 is 12.0 Å². The van der Waals surface area contributed by atoms with Crippen LogP contribution >= 0.6 is 0 Å². The third-order valence-electron chi connectivity index (χ3n) is 3.23. The Morgan fingerprint density at radius 1 is 1.14 bits per heavy atom. The summed E-state index contributed by atoms with van der Waals surface area (Å²) in [6.45, 7) is 7.80. The molecule has 124 valence electrons. The van der Waals surface area contributed by atoms with Crippen molar-refractivity contribution >= 4 is 12.0 Å². The van der Waals surface area contributed by atoms with Gasteiger partial charge in [-0.2, -0.15) is 0 Å². The summed E-state index contributed by atoms with van der Waals surface area (Å²) in [5, 5.41) is 14.2. The minimum absolute atomic E-state index is 0.0144. The number of carboxylic acid groups (broad SMARTS) is 1. The van der Waals surface area contributed by atoms with E-state index in [1.54, 1.807) is 0 Å². The summed E-state index contributed by atoms with van der Waals surface area (Å²) in [6.07, 6.45) is 3.60.